The first-order valence-electron chi connectivity index (χ1n) is 8.26. The summed E-state index contributed by atoms with van der Waals surface area (Å²) in [7, 11) is -1.80. The van der Waals surface area contributed by atoms with Gasteiger partial charge in [-0.3, -0.25) is 0 Å². The van der Waals surface area contributed by atoms with E-state index in [1.807, 2.05) is 18.6 Å². The molecule has 0 radical (unpaired) electrons. The number of aromatic amines is 1. The molecular weight excluding hydrogens is 342 g/mol. The molecule has 0 atom stereocenters. The minimum Gasteiger partial charge on any atom is -0.384 e. The normalized spacial score (nSPS) is 28.2. The molecule has 3 heterocycles. The molecule has 3 saturated carbocycles. The number of fused-ring (bicyclic) bond motifs is 3. The Kier molecular flexibility index (Phi) is 2.94. The predicted octanol–water partition coefficient (Wildman–Crippen LogP) is 1.11. The van der Waals surface area contributed by atoms with Crippen LogP contribution >= 0.6 is 0 Å². The second-order valence-electron chi connectivity index (χ2n) is 7.30. The van der Waals surface area contributed by atoms with E-state index in [4.69, 9.17) is 4.74 Å². The molecule has 0 saturated heterocycles. The van der Waals surface area contributed by atoms with E-state index < -0.39 is 10.0 Å². The van der Waals surface area contributed by atoms with Gasteiger partial charge in [-0.25, -0.2) is 23.1 Å². The maximum absolute atomic E-state index is 12.1. The summed E-state index contributed by atoms with van der Waals surface area (Å²) >= 11 is 0. The van der Waals surface area contributed by atoms with Gasteiger partial charge in [0.2, 0.25) is 10.0 Å². The Bertz CT molecular complexity index is 1060. The van der Waals surface area contributed by atoms with E-state index >= 15 is 0 Å². The average molecular weight is 361 g/mol. The van der Waals surface area contributed by atoms with Gasteiger partial charge in [-0.2, -0.15) is 0 Å². The Morgan fingerprint density at radius 2 is 2.16 bits per heavy atom. The summed E-state index contributed by atoms with van der Waals surface area (Å²) in [5.74, 6) is 0.00188. The van der Waals surface area contributed by atoms with Gasteiger partial charge >= 0.3 is 0 Å². The van der Waals surface area contributed by atoms with Crippen molar-refractivity contribution in [1.82, 2.24) is 24.2 Å². The molecule has 0 unspecified atom stereocenters. The minimum absolute atomic E-state index is 0.00188. The van der Waals surface area contributed by atoms with Gasteiger partial charge in [0.25, 0.3) is 0 Å². The van der Waals surface area contributed by atoms with E-state index in [1.54, 1.807) is 6.20 Å². The van der Waals surface area contributed by atoms with Crippen molar-refractivity contribution in [2.24, 2.45) is 0 Å². The largest absolute Gasteiger partial charge is 0.384 e. The summed E-state index contributed by atoms with van der Waals surface area (Å²) in [4.78, 5) is 12.0. The van der Waals surface area contributed by atoms with Crippen LogP contribution in [0.1, 0.15) is 19.3 Å². The molecule has 3 aliphatic rings. The zero-order valence-corrected chi connectivity index (χ0v) is 14.6. The van der Waals surface area contributed by atoms with Crippen molar-refractivity contribution in [3.8, 4) is 0 Å². The highest BCUT2D eigenvalue weighted by molar-refractivity contribution is 7.89. The molecule has 0 spiro atoms. The van der Waals surface area contributed by atoms with E-state index in [-0.39, 0.29) is 23.4 Å². The minimum atomic E-state index is -3.30. The van der Waals surface area contributed by atoms with Crippen LogP contribution in [-0.4, -0.2) is 52.9 Å². The number of nitrogens with one attached hydrogen (secondary N) is 2. The highest BCUT2D eigenvalue weighted by Crippen LogP contribution is 2.66. The number of rotatable bonds is 6. The summed E-state index contributed by atoms with van der Waals surface area (Å²) < 4.78 is 34.3. The lowest BCUT2D eigenvalue weighted by Crippen LogP contribution is -2.78. The van der Waals surface area contributed by atoms with E-state index in [9.17, 15) is 8.42 Å². The summed E-state index contributed by atoms with van der Waals surface area (Å²) in [6, 6.07) is 2.01. The van der Waals surface area contributed by atoms with Crippen molar-refractivity contribution in [2.45, 2.75) is 30.3 Å². The van der Waals surface area contributed by atoms with E-state index in [1.165, 1.54) is 7.11 Å². The number of pyridine rings is 1. The number of nitrogens with zero attached hydrogens (tertiary/aromatic N) is 3. The number of H-pyrrole nitrogens is 1. The summed E-state index contributed by atoms with van der Waals surface area (Å²) in [5, 5.41) is 1.05. The second kappa shape index (κ2) is 4.80. The van der Waals surface area contributed by atoms with Crippen LogP contribution in [0.25, 0.3) is 22.1 Å². The van der Waals surface area contributed by atoms with Gasteiger partial charge in [-0.1, -0.05) is 0 Å². The summed E-state index contributed by atoms with van der Waals surface area (Å²) in [5.41, 5.74) is 2.45. The number of hydrogen-bond donors (Lipinski definition) is 2. The first kappa shape index (κ1) is 15.3. The molecule has 8 nitrogen and oxygen atoms in total. The SMILES string of the molecule is COCCS(=O)(=O)NC12CC(n3cnc4cnc5[nH]ccc5c43)(C1)C2. The first-order chi connectivity index (χ1) is 12.0. The van der Waals surface area contributed by atoms with Crippen molar-refractivity contribution >= 4 is 32.1 Å². The zero-order chi connectivity index (χ0) is 17.3. The van der Waals surface area contributed by atoms with E-state index in [2.05, 4.69) is 24.2 Å². The Hall–Kier alpha value is -1.97. The van der Waals surface area contributed by atoms with Crippen LogP contribution in [0, 0.1) is 0 Å². The highest BCUT2D eigenvalue weighted by atomic mass is 32.2. The van der Waals surface area contributed by atoms with Crippen LogP contribution in [0.4, 0.5) is 0 Å². The zero-order valence-electron chi connectivity index (χ0n) is 13.8. The van der Waals surface area contributed by atoms with Crippen molar-refractivity contribution < 1.29 is 13.2 Å². The third-order valence-electron chi connectivity index (χ3n) is 5.53. The van der Waals surface area contributed by atoms with Crippen LogP contribution in [-0.2, 0) is 20.3 Å². The number of ether oxygens (including phenoxy) is 1. The van der Waals surface area contributed by atoms with Gasteiger partial charge < -0.3 is 14.3 Å². The molecular formula is C16H19N5O3S. The fourth-order valence-corrected chi connectivity index (χ4v) is 5.90. The standard InChI is InChI=1S/C16H19N5O3S/c1-24-4-5-25(22,23)20-15-7-16(8-15,9-15)21-10-19-12-6-18-14-11(13(12)21)2-3-17-14/h2-3,6,10,20H,4-5,7-9H2,1H3,(H,17,18). The first-order valence-corrected chi connectivity index (χ1v) is 9.92. The Morgan fingerprint density at radius 3 is 2.92 bits per heavy atom. The molecule has 132 valence electrons. The van der Waals surface area contributed by atoms with Crippen molar-refractivity contribution in [3.63, 3.8) is 0 Å². The van der Waals surface area contributed by atoms with Gasteiger partial charge in [0.15, 0.2) is 0 Å². The molecule has 2 bridgehead atoms. The van der Waals surface area contributed by atoms with Crippen LogP contribution in [0.2, 0.25) is 0 Å². The molecule has 2 N–H and O–H groups in total. The quantitative estimate of drug-likeness (QED) is 0.685. The lowest BCUT2D eigenvalue weighted by atomic mass is 9.44. The Labute approximate surface area is 144 Å². The Morgan fingerprint density at radius 1 is 1.36 bits per heavy atom. The van der Waals surface area contributed by atoms with Crippen LogP contribution in [0.5, 0.6) is 0 Å². The third kappa shape index (κ3) is 2.09. The fraction of sp³-hybridized carbons (Fsp3) is 0.500. The van der Waals surface area contributed by atoms with E-state index in [0.29, 0.717) is 0 Å². The molecule has 0 aliphatic heterocycles. The number of sulfonamides is 1. The molecule has 0 aromatic carbocycles. The summed E-state index contributed by atoms with van der Waals surface area (Å²) in [6.45, 7) is 0.210. The number of hydrogen-bond acceptors (Lipinski definition) is 5. The second-order valence-corrected chi connectivity index (χ2v) is 9.14. The van der Waals surface area contributed by atoms with Gasteiger partial charge in [-0.05, 0) is 25.3 Å². The predicted molar refractivity (Wildman–Crippen MR) is 92.7 cm³/mol. The van der Waals surface area contributed by atoms with Crippen molar-refractivity contribution in [1.29, 1.82) is 0 Å². The number of aromatic nitrogens is 4. The van der Waals surface area contributed by atoms with Gasteiger partial charge in [0.1, 0.15) is 11.2 Å². The van der Waals surface area contributed by atoms with Crippen LogP contribution in [0.15, 0.2) is 24.8 Å². The average Bonchev–Trinajstić information content (AvgIpc) is 3.13. The smallest absolute Gasteiger partial charge is 0.214 e. The topological polar surface area (TPSA) is 102 Å². The maximum Gasteiger partial charge on any atom is 0.214 e. The van der Waals surface area contributed by atoms with Crippen molar-refractivity contribution in [2.75, 3.05) is 19.5 Å². The molecule has 3 aliphatic carbocycles. The molecule has 25 heavy (non-hydrogen) atoms. The fourth-order valence-electron chi connectivity index (χ4n) is 4.54. The molecule has 3 aromatic heterocycles. The van der Waals surface area contributed by atoms with Gasteiger partial charge in [-0.15, -0.1) is 0 Å². The van der Waals surface area contributed by atoms with Gasteiger partial charge in [0, 0.05) is 24.2 Å². The van der Waals surface area contributed by atoms with E-state index in [0.717, 1.165) is 41.3 Å². The van der Waals surface area contributed by atoms with Gasteiger partial charge in [0.05, 0.1) is 35.9 Å². The molecule has 0 amide bonds. The lowest BCUT2D eigenvalue weighted by molar-refractivity contribution is -0.122. The molecule has 3 fully saturated rings. The summed E-state index contributed by atoms with van der Waals surface area (Å²) in [6.07, 6.45) is 7.91. The lowest BCUT2D eigenvalue weighted by Gasteiger charge is -2.70. The maximum atomic E-state index is 12.1. The number of imidazole rings is 1. The third-order valence-corrected chi connectivity index (χ3v) is 6.98. The van der Waals surface area contributed by atoms with Crippen LogP contribution in [0.3, 0.4) is 0 Å². The number of methoxy groups -OCH3 is 1. The molecule has 3 aromatic rings. The Balaban J connectivity index is 1.43. The van der Waals surface area contributed by atoms with Crippen molar-refractivity contribution in [3.05, 3.63) is 24.8 Å². The highest BCUT2D eigenvalue weighted by Gasteiger charge is 2.70. The molecule has 6 rings (SSSR count). The molecule has 9 heteroatoms. The van der Waals surface area contributed by atoms with Crippen LogP contribution < -0.4 is 4.72 Å². The monoisotopic (exact) mass is 361 g/mol.